The van der Waals surface area contributed by atoms with Crippen LogP contribution in [0.1, 0.15) is 31.9 Å². The predicted octanol–water partition coefficient (Wildman–Crippen LogP) is 2.59. The quantitative estimate of drug-likeness (QED) is 0.877. The van der Waals surface area contributed by atoms with Gasteiger partial charge in [-0.2, -0.15) is 0 Å². The predicted molar refractivity (Wildman–Crippen MR) is 84.6 cm³/mol. The summed E-state index contributed by atoms with van der Waals surface area (Å²) in [5.74, 6) is 0.200. The molecule has 0 spiro atoms. The first-order valence-corrected chi connectivity index (χ1v) is 8.37. The fourth-order valence-corrected chi connectivity index (χ4v) is 4.21. The molecule has 0 fully saturated rings. The molecule has 0 bridgehead atoms. The van der Waals surface area contributed by atoms with Crippen molar-refractivity contribution < 1.29 is 4.79 Å². The summed E-state index contributed by atoms with van der Waals surface area (Å²) in [4.78, 5) is 16.4. The molecule has 2 aliphatic heterocycles. The summed E-state index contributed by atoms with van der Waals surface area (Å²) in [5.41, 5.74) is 4.76. The molecule has 0 saturated heterocycles. The van der Waals surface area contributed by atoms with Gasteiger partial charge in [-0.15, -0.1) is 11.3 Å². The standard InChI is InChI=1S/C17H18N2OS/c20-17(19-8-5-16-13(11-19)6-9-21-16)15-3-1-2-12-10-18-7-4-14(12)15/h1-3,6,9,18H,4-5,7-8,10-11H2. The number of carbonyl (C=O) groups is 1. The van der Waals surface area contributed by atoms with E-state index < -0.39 is 0 Å². The molecule has 0 saturated carbocycles. The lowest BCUT2D eigenvalue weighted by Gasteiger charge is -2.29. The van der Waals surface area contributed by atoms with Crippen molar-refractivity contribution in [1.82, 2.24) is 10.2 Å². The van der Waals surface area contributed by atoms with Crippen LogP contribution >= 0.6 is 11.3 Å². The van der Waals surface area contributed by atoms with E-state index in [9.17, 15) is 4.79 Å². The second-order valence-electron chi connectivity index (χ2n) is 5.72. The van der Waals surface area contributed by atoms with E-state index in [0.717, 1.165) is 44.6 Å². The van der Waals surface area contributed by atoms with Gasteiger partial charge in [-0.25, -0.2) is 0 Å². The van der Waals surface area contributed by atoms with Crippen LogP contribution in [0.3, 0.4) is 0 Å². The van der Waals surface area contributed by atoms with E-state index in [1.54, 1.807) is 0 Å². The Balaban J connectivity index is 1.64. The van der Waals surface area contributed by atoms with Crippen LogP contribution in [0, 0.1) is 0 Å². The molecule has 1 N–H and O–H groups in total. The zero-order valence-electron chi connectivity index (χ0n) is 11.9. The zero-order chi connectivity index (χ0) is 14.2. The molecule has 2 aromatic rings. The molecule has 0 radical (unpaired) electrons. The highest BCUT2D eigenvalue weighted by molar-refractivity contribution is 7.10. The topological polar surface area (TPSA) is 32.3 Å². The number of thiophene rings is 1. The van der Waals surface area contributed by atoms with Crippen molar-refractivity contribution in [3.05, 3.63) is 56.8 Å². The van der Waals surface area contributed by atoms with Crippen molar-refractivity contribution in [3.8, 4) is 0 Å². The van der Waals surface area contributed by atoms with Crippen LogP contribution in [0.4, 0.5) is 0 Å². The van der Waals surface area contributed by atoms with Crippen LogP contribution in [0.25, 0.3) is 0 Å². The van der Waals surface area contributed by atoms with Gasteiger partial charge < -0.3 is 10.2 Å². The maximum Gasteiger partial charge on any atom is 0.254 e. The number of nitrogens with one attached hydrogen (secondary N) is 1. The Morgan fingerprint density at radius 1 is 1.19 bits per heavy atom. The fourth-order valence-electron chi connectivity index (χ4n) is 3.32. The summed E-state index contributed by atoms with van der Waals surface area (Å²) >= 11 is 1.81. The van der Waals surface area contributed by atoms with E-state index in [1.165, 1.54) is 21.6 Å². The van der Waals surface area contributed by atoms with Crippen LogP contribution in [0.2, 0.25) is 0 Å². The molecule has 1 aromatic heterocycles. The average molecular weight is 298 g/mol. The lowest BCUT2D eigenvalue weighted by molar-refractivity contribution is 0.0734. The minimum Gasteiger partial charge on any atom is -0.334 e. The Bertz CT molecular complexity index is 692. The molecule has 4 heteroatoms. The SMILES string of the molecule is O=C(c1cccc2c1CCNC2)N1CCc2sccc2C1. The van der Waals surface area contributed by atoms with Crippen LogP contribution in [0.15, 0.2) is 29.6 Å². The van der Waals surface area contributed by atoms with Gasteiger partial charge in [-0.1, -0.05) is 12.1 Å². The van der Waals surface area contributed by atoms with Crippen LogP contribution < -0.4 is 5.32 Å². The molecule has 108 valence electrons. The highest BCUT2D eigenvalue weighted by atomic mass is 32.1. The third kappa shape index (κ3) is 2.28. The maximum atomic E-state index is 12.9. The molecule has 3 nitrogen and oxygen atoms in total. The van der Waals surface area contributed by atoms with E-state index in [0.29, 0.717) is 0 Å². The number of amides is 1. The number of hydrogen-bond donors (Lipinski definition) is 1. The summed E-state index contributed by atoms with van der Waals surface area (Å²) in [5, 5.41) is 5.51. The van der Waals surface area contributed by atoms with Gasteiger partial charge in [0.15, 0.2) is 0 Å². The Morgan fingerprint density at radius 2 is 2.14 bits per heavy atom. The normalized spacial score (nSPS) is 17.2. The molecule has 3 heterocycles. The van der Waals surface area contributed by atoms with Gasteiger partial charge in [0, 0.05) is 30.1 Å². The first-order valence-electron chi connectivity index (χ1n) is 7.49. The van der Waals surface area contributed by atoms with Gasteiger partial charge in [0.05, 0.1) is 0 Å². The summed E-state index contributed by atoms with van der Waals surface area (Å²) < 4.78 is 0. The first kappa shape index (κ1) is 13.0. The van der Waals surface area contributed by atoms with Crippen LogP contribution in [-0.2, 0) is 25.9 Å². The van der Waals surface area contributed by atoms with Crippen molar-refractivity contribution in [2.75, 3.05) is 13.1 Å². The molecule has 4 rings (SSSR count). The second-order valence-corrected chi connectivity index (χ2v) is 6.72. The van der Waals surface area contributed by atoms with Crippen LogP contribution in [0.5, 0.6) is 0 Å². The molecular weight excluding hydrogens is 280 g/mol. The first-order chi connectivity index (χ1) is 10.3. The maximum absolute atomic E-state index is 12.9. The highest BCUT2D eigenvalue weighted by Gasteiger charge is 2.25. The third-order valence-electron chi connectivity index (χ3n) is 4.47. The smallest absolute Gasteiger partial charge is 0.254 e. The average Bonchev–Trinajstić information content (AvgIpc) is 3.01. The molecule has 21 heavy (non-hydrogen) atoms. The molecule has 0 unspecified atom stereocenters. The van der Waals surface area contributed by atoms with Gasteiger partial charge in [-0.05, 0) is 53.6 Å². The molecule has 2 aliphatic rings. The van der Waals surface area contributed by atoms with Crippen molar-refractivity contribution in [3.63, 3.8) is 0 Å². The number of hydrogen-bond acceptors (Lipinski definition) is 3. The minimum absolute atomic E-state index is 0.200. The Kier molecular flexibility index (Phi) is 3.28. The van der Waals surface area contributed by atoms with Crippen molar-refractivity contribution in [2.24, 2.45) is 0 Å². The van der Waals surface area contributed by atoms with E-state index in [2.05, 4.69) is 22.8 Å². The number of rotatable bonds is 1. The highest BCUT2D eigenvalue weighted by Crippen LogP contribution is 2.26. The van der Waals surface area contributed by atoms with Crippen molar-refractivity contribution in [2.45, 2.75) is 25.9 Å². The molecule has 0 aliphatic carbocycles. The molecule has 1 aromatic carbocycles. The lowest BCUT2D eigenvalue weighted by Crippen LogP contribution is -2.36. The zero-order valence-corrected chi connectivity index (χ0v) is 12.7. The molecule has 1 amide bonds. The van der Waals surface area contributed by atoms with Gasteiger partial charge in [0.2, 0.25) is 0 Å². The summed E-state index contributed by atoms with van der Waals surface area (Å²) in [6, 6.07) is 8.30. The minimum atomic E-state index is 0.200. The second kappa shape index (κ2) is 5.28. The van der Waals surface area contributed by atoms with E-state index >= 15 is 0 Å². The van der Waals surface area contributed by atoms with Gasteiger partial charge in [-0.3, -0.25) is 4.79 Å². The summed E-state index contributed by atoms with van der Waals surface area (Å²) in [7, 11) is 0. The van der Waals surface area contributed by atoms with Gasteiger partial charge >= 0.3 is 0 Å². The number of nitrogens with zero attached hydrogens (tertiary/aromatic N) is 1. The molecular formula is C17H18N2OS. The third-order valence-corrected chi connectivity index (χ3v) is 5.49. The van der Waals surface area contributed by atoms with E-state index in [-0.39, 0.29) is 5.91 Å². The largest absolute Gasteiger partial charge is 0.334 e. The summed E-state index contributed by atoms with van der Waals surface area (Å²) in [6.07, 6.45) is 1.95. The van der Waals surface area contributed by atoms with E-state index in [1.807, 2.05) is 28.4 Å². The van der Waals surface area contributed by atoms with Gasteiger partial charge in [0.1, 0.15) is 0 Å². The van der Waals surface area contributed by atoms with Gasteiger partial charge in [0.25, 0.3) is 5.91 Å². The lowest BCUT2D eigenvalue weighted by atomic mass is 9.94. The van der Waals surface area contributed by atoms with Crippen molar-refractivity contribution in [1.29, 1.82) is 0 Å². The van der Waals surface area contributed by atoms with E-state index in [4.69, 9.17) is 0 Å². The summed E-state index contributed by atoms with van der Waals surface area (Å²) in [6.45, 7) is 3.45. The fraction of sp³-hybridized carbons (Fsp3) is 0.353. The number of carbonyl (C=O) groups excluding carboxylic acids is 1. The molecule has 0 atom stereocenters. The van der Waals surface area contributed by atoms with Crippen molar-refractivity contribution >= 4 is 17.2 Å². The Morgan fingerprint density at radius 3 is 3.10 bits per heavy atom. The Labute approximate surface area is 128 Å². The monoisotopic (exact) mass is 298 g/mol. The van der Waals surface area contributed by atoms with Crippen LogP contribution in [-0.4, -0.2) is 23.9 Å². The Hall–Kier alpha value is -1.65. The number of benzene rings is 1. The number of fused-ring (bicyclic) bond motifs is 2.